The van der Waals surface area contributed by atoms with Crippen molar-refractivity contribution in [1.29, 1.82) is 0 Å². The molecule has 2 heterocycles. The highest BCUT2D eigenvalue weighted by Crippen LogP contribution is 2.39. The first-order chi connectivity index (χ1) is 25.8. The summed E-state index contributed by atoms with van der Waals surface area (Å²) in [4.78, 5) is 0. The molecule has 0 saturated carbocycles. The number of ether oxygens (including phenoxy) is 1. The summed E-state index contributed by atoms with van der Waals surface area (Å²) < 4.78 is 8.99. The third-order valence-corrected chi connectivity index (χ3v) is 16.8. The Bertz CT molecular complexity index is 2580. The van der Waals surface area contributed by atoms with E-state index in [1.807, 2.05) is 11.3 Å². The Morgan fingerprint density at radius 3 is 1.60 bits per heavy atom. The Morgan fingerprint density at radius 1 is 0.423 bits per heavy atom. The van der Waals surface area contributed by atoms with Crippen LogP contribution >= 0.6 is 11.3 Å². The van der Waals surface area contributed by atoms with E-state index in [4.69, 9.17) is 4.74 Å². The van der Waals surface area contributed by atoms with Gasteiger partial charge in [0.05, 0.1) is 0 Å². The van der Waals surface area contributed by atoms with Crippen LogP contribution in [-0.2, 0) is 0 Å². The molecule has 0 spiro atoms. The van der Waals surface area contributed by atoms with Crippen LogP contribution in [0.1, 0.15) is 0 Å². The maximum Gasteiger partial charge on any atom is 0.250 e. The van der Waals surface area contributed by atoms with Gasteiger partial charge in [0.15, 0.2) is 8.07 Å². The van der Waals surface area contributed by atoms with Crippen LogP contribution in [0.3, 0.4) is 0 Å². The highest BCUT2D eigenvalue weighted by Gasteiger charge is 2.41. The van der Waals surface area contributed by atoms with Crippen molar-refractivity contribution >= 4 is 83.4 Å². The molecular weight excluding hydrogens is 663 g/mol. The SMILES string of the molecule is c1ccc([Si](c2ccccc2)(c2ccccc2)c2ccc3sc4c(-c5cccc(B6c7ccccc7Oc7ccccc76)c5)cccc4c3c2)cc1. The van der Waals surface area contributed by atoms with Crippen LogP contribution in [0.2, 0.25) is 0 Å². The number of thiophene rings is 1. The summed E-state index contributed by atoms with van der Waals surface area (Å²) in [7, 11) is -2.65. The first-order valence-corrected chi connectivity index (χ1v) is 20.7. The molecule has 1 aliphatic rings. The third-order valence-electron chi connectivity index (χ3n) is 10.8. The summed E-state index contributed by atoms with van der Waals surface area (Å²) in [6, 6.07) is 73.8. The molecule has 0 bridgehead atoms. The van der Waals surface area contributed by atoms with E-state index in [1.54, 1.807) is 0 Å². The molecule has 0 atom stereocenters. The fourth-order valence-electron chi connectivity index (χ4n) is 8.48. The molecule has 1 aromatic heterocycles. The van der Waals surface area contributed by atoms with Gasteiger partial charge in [0.1, 0.15) is 11.5 Å². The fourth-order valence-corrected chi connectivity index (χ4v) is 14.5. The van der Waals surface area contributed by atoms with Crippen LogP contribution in [0.5, 0.6) is 11.5 Å². The number of hydrogen-bond acceptors (Lipinski definition) is 2. The zero-order chi connectivity index (χ0) is 34.5. The maximum atomic E-state index is 6.36. The molecule has 1 nitrogen and oxygen atoms in total. The molecule has 0 fully saturated rings. The van der Waals surface area contributed by atoms with E-state index in [0.29, 0.717) is 0 Å². The molecule has 244 valence electrons. The molecule has 0 aliphatic carbocycles. The van der Waals surface area contributed by atoms with Crippen LogP contribution in [0, 0.1) is 0 Å². The predicted octanol–water partition coefficient (Wildman–Crippen LogP) is 7.72. The van der Waals surface area contributed by atoms with Crippen molar-refractivity contribution in [2.45, 2.75) is 0 Å². The van der Waals surface area contributed by atoms with Gasteiger partial charge in [-0.15, -0.1) is 11.3 Å². The molecular formula is C48H33BOSSi. The predicted molar refractivity (Wildman–Crippen MR) is 226 cm³/mol. The molecule has 9 aromatic rings. The van der Waals surface area contributed by atoms with Crippen LogP contribution in [0.25, 0.3) is 31.3 Å². The molecule has 0 amide bonds. The van der Waals surface area contributed by atoms with Crippen molar-refractivity contribution < 1.29 is 4.74 Å². The van der Waals surface area contributed by atoms with Crippen molar-refractivity contribution in [2.75, 3.05) is 0 Å². The van der Waals surface area contributed by atoms with E-state index in [2.05, 4.69) is 200 Å². The topological polar surface area (TPSA) is 9.23 Å². The quantitative estimate of drug-likeness (QED) is 0.128. The smallest absolute Gasteiger partial charge is 0.250 e. The van der Waals surface area contributed by atoms with Gasteiger partial charge in [-0.05, 0) is 61.0 Å². The van der Waals surface area contributed by atoms with Gasteiger partial charge in [0, 0.05) is 20.2 Å². The van der Waals surface area contributed by atoms with Crippen LogP contribution < -0.4 is 41.9 Å². The monoisotopic (exact) mass is 696 g/mol. The molecule has 4 heteroatoms. The Morgan fingerprint density at radius 2 is 0.981 bits per heavy atom. The van der Waals surface area contributed by atoms with Crippen LogP contribution in [-0.4, -0.2) is 14.8 Å². The van der Waals surface area contributed by atoms with Gasteiger partial charge in [0.25, 0.3) is 6.71 Å². The Hall–Kier alpha value is -5.94. The second-order valence-corrected chi connectivity index (χ2v) is 18.4. The second kappa shape index (κ2) is 12.7. The Kier molecular flexibility index (Phi) is 7.52. The lowest BCUT2D eigenvalue weighted by atomic mass is 9.36. The molecule has 52 heavy (non-hydrogen) atoms. The molecule has 0 unspecified atom stereocenters. The Labute approximate surface area is 309 Å². The van der Waals surface area contributed by atoms with E-state index in [0.717, 1.165) is 11.5 Å². The normalized spacial score (nSPS) is 12.3. The minimum absolute atomic E-state index is 0.0947. The van der Waals surface area contributed by atoms with Crippen molar-refractivity contribution in [3.05, 3.63) is 200 Å². The van der Waals surface area contributed by atoms with E-state index in [-0.39, 0.29) is 6.71 Å². The highest BCUT2D eigenvalue weighted by molar-refractivity contribution is 7.26. The summed E-state index contributed by atoms with van der Waals surface area (Å²) in [6.45, 7) is 0.0947. The first-order valence-electron chi connectivity index (χ1n) is 17.9. The average Bonchev–Trinajstić information content (AvgIpc) is 3.60. The lowest BCUT2D eigenvalue weighted by molar-refractivity contribution is 0.487. The third kappa shape index (κ3) is 4.91. The molecule has 8 aromatic carbocycles. The Balaban J connectivity index is 1.16. The van der Waals surface area contributed by atoms with Gasteiger partial charge in [-0.3, -0.25) is 0 Å². The number of benzene rings is 8. The van der Waals surface area contributed by atoms with E-state index in [1.165, 1.54) is 68.4 Å². The van der Waals surface area contributed by atoms with Gasteiger partial charge in [-0.25, -0.2) is 0 Å². The number of fused-ring (bicyclic) bond motifs is 5. The summed E-state index contributed by atoms with van der Waals surface area (Å²) in [5.41, 5.74) is 6.18. The molecule has 0 N–H and O–H groups in total. The lowest BCUT2D eigenvalue weighted by Crippen LogP contribution is -2.74. The molecule has 10 rings (SSSR count). The van der Waals surface area contributed by atoms with Gasteiger partial charge in [-0.2, -0.15) is 0 Å². The minimum atomic E-state index is -2.65. The van der Waals surface area contributed by atoms with Crippen molar-refractivity contribution in [3.8, 4) is 22.6 Å². The van der Waals surface area contributed by atoms with E-state index in [9.17, 15) is 0 Å². The van der Waals surface area contributed by atoms with E-state index < -0.39 is 8.07 Å². The maximum absolute atomic E-state index is 6.36. The summed E-state index contributed by atoms with van der Waals surface area (Å²) in [6.07, 6.45) is 0. The van der Waals surface area contributed by atoms with Gasteiger partial charge < -0.3 is 4.74 Å². The zero-order valence-corrected chi connectivity index (χ0v) is 30.3. The van der Waals surface area contributed by atoms with Crippen molar-refractivity contribution in [2.24, 2.45) is 0 Å². The lowest BCUT2D eigenvalue weighted by Gasteiger charge is -2.34. The van der Waals surface area contributed by atoms with Gasteiger partial charge in [0.2, 0.25) is 0 Å². The molecule has 1 aliphatic heterocycles. The summed E-state index contributed by atoms with van der Waals surface area (Å²) in [5, 5.41) is 8.19. The average molecular weight is 697 g/mol. The summed E-state index contributed by atoms with van der Waals surface area (Å²) >= 11 is 1.90. The number of para-hydroxylation sites is 2. The fraction of sp³-hybridized carbons (Fsp3) is 0. The molecule has 0 saturated heterocycles. The summed E-state index contributed by atoms with van der Waals surface area (Å²) in [5.74, 6) is 1.86. The standard InChI is InChI=1S/C48H33BOSSi/c1-4-18-36(19-5-1)52(37-20-6-2-7-21-37,38-22-8-3-9-23-38)39-30-31-47-42(33-39)41-25-15-24-40(48(41)51-47)34-16-14-17-35(32-34)49-43-26-10-12-28-45(43)50-46-29-13-11-27-44(46)49/h1-33H. The van der Waals surface area contributed by atoms with Crippen molar-refractivity contribution in [1.82, 2.24) is 0 Å². The molecule has 0 radical (unpaired) electrons. The number of rotatable bonds is 6. The second-order valence-electron chi connectivity index (χ2n) is 13.6. The largest absolute Gasteiger partial charge is 0.458 e. The van der Waals surface area contributed by atoms with Crippen LogP contribution in [0.4, 0.5) is 0 Å². The van der Waals surface area contributed by atoms with Gasteiger partial charge >= 0.3 is 0 Å². The zero-order valence-electron chi connectivity index (χ0n) is 28.4. The van der Waals surface area contributed by atoms with Gasteiger partial charge in [-0.1, -0.05) is 187 Å². The first kappa shape index (κ1) is 30.9. The van der Waals surface area contributed by atoms with Crippen LogP contribution in [0.15, 0.2) is 200 Å². The minimum Gasteiger partial charge on any atom is -0.458 e. The number of hydrogen-bond donors (Lipinski definition) is 0. The highest BCUT2D eigenvalue weighted by atomic mass is 32.1. The van der Waals surface area contributed by atoms with Crippen molar-refractivity contribution in [3.63, 3.8) is 0 Å². The van der Waals surface area contributed by atoms with E-state index >= 15 is 0 Å².